The van der Waals surface area contributed by atoms with Crippen LogP contribution in [0.3, 0.4) is 0 Å². The number of halogens is 1. The van der Waals surface area contributed by atoms with Crippen LogP contribution in [0.25, 0.3) is 0 Å². The molecule has 0 aromatic rings. The second-order valence-corrected chi connectivity index (χ2v) is 5.16. The van der Waals surface area contributed by atoms with Crippen molar-refractivity contribution in [3.8, 4) is 0 Å². The topological polar surface area (TPSA) is 9.23 Å². The average molecular weight is 205 g/mol. The van der Waals surface area contributed by atoms with Crippen molar-refractivity contribution in [2.45, 2.75) is 44.9 Å². The summed E-state index contributed by atoms with van der Waals surface area (Å²) in [5.41, 5.74) is 0. The molecule has 0 aliphatic carbocycles. The molecule has 1 aliphatic heterocycles. The summed E-state index contributed by atoms with van der Waals surface area (Å²) >= 11 is 5.97. The normalized spacial score (nSPS) is 24.2. The van der Waals surface area contributed by atoms with E-state index >= 15 is 0 Å². The Morgan fingerprint density at radius 2 is 1.92 bits per heavy atom. The molecule has 0 amide bonds. The zero-order valence-corrected chi connectivity index (χ0v) is 9.52. The fourth-order valence-electron chi connectivity index (χ4n) is 2.20. The van der Waals surface area contributed by atoms with Crippen molar-refractivity contribution in [2.24, 2.45) is 11.8 Å². The van der Waals surface area contributed by atoms with E-state index in [4.69, 9.17) is 16.3 Å². The summed E-state index contributed by atoms with van der Waals surface area (Å²) in [5.74, 6) is 1.66. The highest BCUT2D eigenvalue weighted by atomic mass is 35.5. The maximum atomic E-state index is 5.97. The zero-order valence-electron chi connectivity index (χ0n) is 8.76. The van der Waals surface area contributed by atoms with Crippen molar-refractivity contribution in [1.82, 2.24) is 0 Å². The van der Waals surface area contributed by atoms with Crippen LogP contribution in [0.2, 0.25) is 0 Å². The fraction of sp³-hybridized carbons (Fsp3) is 1.00. The second kappa shape index (κ2) is 5.87. The summed E-state index contributed by atoms with van der Waals surface area (Å²) in [7, 11) is 0. The summed E-state index contributed by atoms with van der Waals surface area (Å²) in [6.07, 6.45) is 4.99. The van der Waals surface area contributed by atoms with Gasteiger partial charge in [0, 0.05) is 18.6 Å². The lowest BCUT2D eigenvalue weighted by atomic mass is 9.88. The van der Waals surface area contributed by atoms with E-state index in [2.05, 4.69) is 13.8 Å². The third-order valence-electron chi connectivity index (χ3n) is 2.80. The molecule has 0 N–H and O–H groups in total. The molecule has 0 spiro atoms. The van der Waals surface area contributed by atoms with Gasteiger partial charge in [0.05, 0.1) is 0 Å². The van der Waals surface area contributed by atoms with Crippen molar-refractivity contribution in [2.75, 3.05) is 13.2 Å². The summed E-state index contributed by atoms with van der Waals surface area (Å²) in [6.45, 7) is 6.33. The Kier molecular flexibility index (Phi) is 5.12. The minimum Gasteiger partial charge on any atom is -0.381 e. The lowest BCUT2D eigenvalue weighted by Gasteiger charge is -2.25. The van der Waals surface area contributed by atoms with Gasteiger partial charge in [-0.15, -0.1) is 11.6 Å². The molecule has 1 heterocycles. The van der Waals surface area contributed by atoms with Crippen LogP contribution in [0.15, 0.2) is 0 Å². The van der Waals surface area contributed by atoms with E-state index in [0.717, 1.165) is 31.5 Å². The smallest absolute Gasteiger partial charge is 0.0468 e. The minimum atomic E-state index is 0.329. The van der Waals surface area contributed by atoms with Crippen LogP contribution in [0.1, 0.15) is 39.5 Å². The molecule has 78 valence electrons. The van der Waals surface area contributed by atoms with Gasteiger partial charge in [0.15, 0.2) is 0 Å². The molecule has 1 rings (SSSR count). The van der Waals surface area contributed by atoms with E-state index in [1.54, 1.807) is 0 Å². The van der Waals surface area contributed by atoms with Gasteiger partial charge in [-0.25, -0.2) is 0 Å². The average Bonchev–Trinajstić information content (AvgIpc) is 2.04. The van der Waals surface area contributed by atoms with E-state index in [9.17, 15) is 0 Å². The number of alkyl halides is 1. The standard InChI is InChI=1S/C11H21ClO/c1-9(7-10(2)12)8-11-3-5-13-6-4-11/h9-11H,3-8H2,1-2H3. The first-order chi connectivity index (χ1) is 6.18. The molecule has 1 nitrogen and oxygen atoms in total. The monoisotopic (exact) mass is 204 g/mol. The lowest BCUT2D eigenvalue weighted by Crippen LogP contribution is -2.18. The van der Waals surface area contributed by atoms with Gasteiger partial charge in [-0.05, 0) is 44.4 Å². The van der Waals surface area contributed by atoms with Gasteiger partial charge in [-0.1, -0.05) is 6.92 Å². The van der Waals surface area contributed by atoms with Crippen molar-refractivity contribution in [1.29, 1.82) is 0 Å². The van der Waals surface area contributed by atoms with E-state index < -0.39 is 0 Å². The van der Waals surface area contributed by atoms with Crippen molar-refractivity contribution in [3.63, 3.8) is 0 Å². The van der Waals surface area contributed by atoms with Gasteiger partial charge in [0.1, 0.15) is 0 Å². The minimum absolute atomic E-state index is 0.329. The Labute approximate surface area is 86.8 Å². The van der Waals surface area contributed by atoms with Gasteiger partial charge >= 0.3 is 0 Å². The Hall–Kier alpha value is 0.250. The largest absolute Gasteiger partial charge is 0.381 e. The predicted molar refractivity (Wildman–Crippen MR) is 57.3 cm³/mol. The highest BCUT2D eigenvalue weighted by molar-refractivity contribution is 6.20. The Morgan fingerprint density at radius 3 is 2.46 bits per heavy atom. The van der Waals surface area contributed by atoms with Crippen molar-refractivity contribution < 1.29 is 4.74 Å². The van der Waals surface area contributed by atoms with Crippen LogP contribution in [0.4, 0.5) is 0 Å². The fourth-order valence-corrected chi connectivity index (χ4v) is 2.51. The molecule has 1 aliphatic rings. The van der Waals surface area contributed by atoms with Crippen LogP contribution < -0.4 is 0 Å². The highest BCUT2D eigenvalue weighted by Crippen LogP contribution is 2.25. The third-order valence-corrected chi connectivity index (χ3v) is 2.98. The van der Waals surface area contributed by atoms with Crippen molar-refractivity contribution >= 4 is 11.6 Å². The van der Waals surface area contributed by atoms with Gasteiger partial charge < -0.3 is 4.74 Å². The first kappa shape index (κ1) is 11.3. The van der Waals surface area contributed by atoms with E-state index in [-0.39, 0.29) is 0 Å². The van der Waals surface area contributed by atoms with Gasteiger partial charge in [-0.3, -0.25) is 0 Å². The van der Waals surface area contributed by atoms with Gasteiger partial charge in [0.2, 0.25) is 0 Å². The van der Waals surface area contributed by atoms with Crippen LogP contribution in [0, 0.1) is 11.8 Å². The highest BCUT2D eigenvalue weighted by Gasteiger charge is 2.17. The number of rotatable bonds is 4. The maximum Gasteiger partial charge on any atom is 0.0468 e. The lowest BCUT2D eigenvalue weighted by molar-refractivity contribution is 0.0590. The van der Waals surface area contributed by atoms with Crippen LogP contribution in [0.5, 0.6) is 0 Å². The molecule has 0 bridgehead atoms. The molecule has 2 unspecified atom stereocenters. The quantitative estimate of drug-likeness (QED) is 0.638. The molecular weight excluding hydrogens is 184 g/mol. The molecule has 13 heavy (non-hydrogen) atoms. The van der Waals surface area contributed by atoms with Crippen LogP contribution in [-0.2, 0) is 4.74 Å². The molecule has 0 saturated carbocycles. The zero-order chi connectivity index (χ0) is 9.68. The molecule has 0 aromatic carbocycles. The molecule has 2 atom stereocenters. The number of hydrogen-bond acceptors (Lipinski definition) is 1. The van der Waals surface area contributed by atoms with Crippen molar-refractivity contribution in [3.05, 3.63) is 0 Å². The summed E-state index contributed by atoms with van der Waals surface area (Å²) < 4.78 is 5.34. The Morgan fingerprint density at radius 1 is 1.31 bits per heavy atom. The van der Waals surface area contributed by atoms with Crippen LogP contribution in [-0.4, -0.2) is 18.6 Å². The second-order valence-electron chi connectivity index (χ2n) is 4.41. The first-order valence-electron chi connectivity index (χ1n) is 5.40. The predicted octanol–water partition coefficient (Wildman–Crippen LogP) is 3.46. The van der Waals surface area contributed by atoms with E-state index in [1.165, 1.54) is 19.3 Å². The number of hydrogen-bond donors (Lipinski definition) is 0. The van der Waals surface area contributed by atoms with E-state index in [0.29, 0.717) is 5.38 Å². The molecule has 0 radical (unpaired) electrons. The first-order valence-corrected chi connectivity index (χ1v) is 5.84. The molecule has 2 heteroatoms. The summed E-state index contributed by atoms with van der Waals surface area (Å²) in [4.78, 5) is 0. The molecule has 0 aromatic heterocycles. The summed E-state index contributed by atoms with van der Waals surface area (Å²) in [6, 6.07) is 0. The maximum absolute atomic E-state index is 5.97. The molecule has 1 saturated heterocycles. The molecular formula is C11H21ClO. The Bertz CT molecular complexity index is 130. The molecule has 1 fully saturated rings. The summed E-state index contributed by atoms with van der Waals surface area (Å²) in [5, 5.41) is 0.329. The third kappa shape index (κ3) is 4.87. The number of ether oxygens (including phenoxy) is 1. The van der Waals surface area contributed by atoms with Gasteiger partial charge in [-0.2, -0.15) is 0 Å². The van der Waals surface area contributed by atoms with E-state index in [1.807, 2.05) is 0 Å². The van der Waals surface area contributed by atoms with Crippen LogP contribution >= 0.6 is 11.6 Å². The SMILES string of the molecule is CC(Cl)CC(C)CC1CCOCC1. The Balaban J connectivity index is 2.14. The van der Waals surface area contributed by atoms with Gasteiger partial charge in [0.25, 0.3) is 0 Å².